The van der Waals surface area contributed by atoms with E-state index in [2.05, 4.69) is 28.7 Å². The third-order valence-corrected chi connectivity index (χ3v) is 2.63. The highest BCUT2D eigenvalue weighted by Crippen LogP contribution is 2.15. The summed E-state index contributed by atoms with van der Waals surface area (Å²) in [5.41, 5.74) is 1.30. The fourth-order valence-corrected chi connectivity index (χ4v) is 1.89. The predicted molar refractivity (Wildman–Crippen MR) is 54.9 cm³/mol. The van der Waals surface area contributed by atoms with Gasteiger partial charge in [0.2, 0.25) is 5.91 Å². The number of nitrogens with zero attached hydrogens (tertiary/aromatic N) is 1. The zero-order valence-corrected chi connectivity index (χ0v) is 8.07. The molecule has 3 nitrogen and oxygen atoms in total. The van der Waals surface area contributed by atoms with Crippen LogP contribution in [0.1, 0.15) is 12.1 Å². The van der Waals surface area contributed by atoms with Gasteiger partial charge in [-0.1, -0.05) is 6.58 Å². The lowest BCUT2D eigenvalue weighted by molar-refractivity contribution is -0.117. The second-order valence-corrected chi connectivity index (χ2v) is 3.60. The first-order chi connectivity index (χ1) is 6.79. The molecule has 0 saturated heterocycles. The molecule has 0 radical (unpaired) electrons. The third-order valence-electron chi connectivity index (χ3n) is 2.63. The molecule has 1 N–H and O–H groups in total. The van der Waals surface area contributed by atoms with Gasteiger partial charge in [0.15, 0.2) is 0 Å². The van der Waals surface area contributed by atoms with Crippen molar-refractivity contribution in [3.8, 4) is 0 Å². The molecule has 1 unspecified atom stereocenters. The van der Waals surface area contributed by atoms with Crippen LogP contribution in [0.2, 0.25) is 0 Å². The summed E-state index contributed by atoms with van der Waals surface area (Å²) in [5.74, 6) is -0.0741. The number of rotatable bonds is 2. The Kier molecular flexibility index (Phi) is 2.39. The topological polar surface area (TPSA) is 34.0 Å². The number of carbonyl (C=O) groups excluding carboxylic acids is 1. The summed E-state index contributed by atoms with van der Waals surface area (Å²) >= 11 is 0. The Labute approximate surface area is 83.4 Å². The molecule has 1 aliphatic rings. The van der Waals surface area contributed by atoms with Crippen molar-refractivity contribution in [2.45, 2.75) is 25.4 Å². The van der Waals surface area contributed by atoms with Gasteiger partial charge in [0.25, 0.3) is 0 Å². The number of aryl methyl sites for hydroxylation is 1. The molecule has 2 heterocycles. The van der Waals surface area contributed by atoms with Crippen molar-refractivity contribution >= 4 is 5.91 Å². The van der Waals surface area contributed by atoms with Gasteiger partial charge in [0.1, 0.15) is 0 Å². The maximum absolute atomic E-state index is 11.1. The van der Waals surface area contributed by atoms with Crippen molar-refractivity contribution in [2.24, 2.45) is 0 Å². The molecular formula is C11H14N2O. The van der Waals surface area contributed by atoms with E-state index < -0.39 is 0 Å². The molecule has 1 atom stereocenters. The normalized spacial score (nSPS) is 19.9. The number of hydrogen-bond acceptors (Lipinski definition) is 1. The maximum atomic E-state index is 11.1. The van der Waals surface area contributed by atoms with Gasteiger partial charge in [0.05, 0.1) is 0 Å². The van der Waals surface area contributed by atoms with Crippen LogP contribution in [0.4, 0.5) is 0 Å². The number of hydrogen-bond donors (Lipinski definition) is 1. The summed E-state index contributed by atoms with van der Waals surface area (Å²) in [4.78, 5) is 11.1. The fourth-order valence-electron chi connectivity index (χ4n) is 1.89. The molecule has 14 heavy (non-hydrogen) atoms. The lowest BCUT2D eigenvalue weighted by atomic mass is 10.0. The number of aromatic nitrogens is 1. The molecule has 3 heteroatoms. The molecule has 0 spiro atoms. The molecule has 0 aromatic carbocycles. The molecule has 0 saturated carbocycles. The molecular weight excluding hydrogens is 176 g/mol. The van der Waals surface area contributed by atoms with Crippen molar-refractivity contribution in [3.05, 3.63) is 36.7 Å². The molecule has 2 rings (SSSR count). The van der Waals surface area contributed by atoms with Crippen LogP contribution < -0.4 is 5.32 Å². The van der Waals surface area contributed by atoms with Gasteiger partial charge >= 0.3 is 0 Å². The minimum absolute atomic E-state index is 0.0741. The summed E-state index contributed by atoms with van der Waals surface area (Å²) < 4.78 is 2.23. The van der Waals surface area contributed by atoms with Gasteiger partial charge in [-0.2, -0.15) is 0 Å². The number of amides is 1. The predicted octanol–water partition coefficient (Wildman–Crippen LogP) is 1.11. The largest absolute Gasteiger partial charge is 0.351 e. The van der Waals surface area contributed by atoms with Gasteiger partial charge in [-0.15, -0.1) is 0 Å². The molecule has 1 amide bonds. The first-order valence-electron chi connectivity index (χ1n) is 4.86. The second kappa shape index (κ2) is 3.70. The molecule has 74 valence electrons. The first kappa shape index (κ1) is 9.06. The van der Waals surface area contributed by atoms with Gasteiger partial charge in [-0.25, -0.2) is 0 Å². The lowest BCUT2D eigenvalue weighted by Gasteiger charge is -2.24. The van der Waals surface area contributed by atoms with Crippen LogP contribution in [-0.2, 0) is 17.8 Å². The highest BCUT2D eigenvalue weighted by atomic mass is 16.1. The minimum atomic E-state index is -0.0741. The molecule has 1 aliphatic heterocycles. The standard InChI is InChI=1S/C11H14N2O/c1-2-11(14)12-9-5-7-13-6-3-4-10(13)8-9/h2-4,6,9H,1,5,7-8H2,(H,12,14). The van der Waals surface area contributed by atoms with E-state index in [0.29, 0.717) is 0 Å². The smallest absolute Gasteiger partial charge is 0.243 e. The minimum Gasteiger partial charge on any atom is -0.351 e. The molecule has 1 aromatic heterocycles. The lowest BCUT2D eigenvalue weighted by Crippen LogP contribution is -2.39. The first-order valence-corrected chi connectivity index (χ1v) is 4.86. The fraction of sp³-hybridized carbons (Fsp3) is 0.364. The SMILES string of the molecule is C=CC(=O)NC1CCn2cccc2C1. The Morgan fingerprint density at radius 1 is 1.71 bits per heavy atom. The maximum Gasteiger partial charge on any atom is 0.243 e. The highest BCUT2D eigenvalue weighted by Gasteiger charge is 2.18. The third kappa shape index (κ3) is 1.71. The van der Waals surface area contributed by atoms with Crippen LogP contribution in [0.15, 0.2) is 31.0 Å². The van der Waals surface area contributed by atoms with Gasteiger partial charge in [-0.3, -0.25) is 4.79 Å². The van der Waals surface area contributed by atoms with E-state index >= 15 is 0 Å². The van der Waals surface area contributed by atoms with E-state index in [1.165, 1.54) is 11.8 Å². The Balaban J connectivity index is 2.00. The second-order valence-electron chi connectivity index (χ2n) is 3.60. The zero-order valence-electron chi connectivity index (χ0n) is 8.07. The van der Waals surface area contributed by atoms with Crippen molar-refractivity contribution in [1.29, 1.82) is 0 Å². The van der Waals surface area contributed by atoms with Crippen molar-refractivity contribution in [3.63, 3.8) is 0 Å². The Morgan fingerprint density at radius 3 is 3.36 bits per heavy atom. The van der Waals surface area contributed by atoms with Crippen molar-refractivity contribution in [2.75, 3.05) is 0 Å². The van der Waals surface area contributed by atoms with E-state index in [0.717, 1.165) is 19.4 Å². The Bertz CT molecular complexity index is 354. The summed E-state index contributed by atoms with van der Waals surface area (Å²) in [6.45, 7) is 4.43. The summed E-state index contributed by atoms with van der Waals surface area (Å²) in [6, 6.07) is 4.42. The Morgan fingerprint density at radius 2 is 2.57 bits per heavy atom. The van der Waals surface area contributed by atoms with Crippen LogP contribution in [0.25, 0.3) is 0 Å². The molecule has 1 aromatic rings. The van der Waals surface area contributed by atoms with Crippen LogP contribution in [0.5, 0.6) is 0 Å². The van der Waals surface area contributed by atoms with Crippen LogP contribution in [0, 0.1) is 0 Å². The van der Waals surface area contributed by atoms with Crippen LogP contribution in [-0.4, -0.2) is 16.5 Å². The van der Waals surface area contributed by atoms with Crippen LogP contribution in [0.3, 0.4) is 0 Å². The number of fused-ring (bicyclic) bond motifs is 1. The average molecular weight is 190 g/mol. The molecule has 0 aliphatic carbocycles. The van der Waals surface area contributed by atoms with E-state index in [1.807, 2.05) is 6.07 Å². The highest BCUT2D eigenvalue weighted by molar-refractivity contribution is 5.87. The molecule has 0 fully saturated rings. The van der Waals surface area contributed by atoms with Crippen molar-refractivity contribution < 1.29 is 4.79 Å². The number of carbonyl (C=O) groups is 1. The van der Waals surface area contributed by atoms with E-state index in [1.54, 1.807) is 0 Å². The zero-order chi connectivity index (χ0) is 9.97. The van der Waals surface area contributed by atoms with E-state index in [9.17, 15) is 4.79 Å². The monoisotopic (exact) mass is 190 g/mol. The quantitative estimate of drug-likeness (QED) is 0.696. The summed E-state index contributed by atoms with van der Waals surface area (Å²) in [7, 11) is 0. The van der Waals surface area contributed by atoms with Gasteiger partial charge in [0, 0.05) is 30.9 Å². The van der Waals surface area contributed by atoms with E-state index in [4.69, 9.17) is 0 Å². The van der Waals surface area contributed by atoms with Crippen LogP contribution >= 0.6 is 0 Å². The van der Waals surface area contributed by atoms with Gasteiger partial charge < -0.3 is 9.88 Å². The Hall–Kier alpha value is -1.51. The molecule has 0 bridgehead atoms. The summed E-state index contributed by atoms with van der Waals surface area (Å²) in [5, 5.41) is 2.93. The van der Waals surface area contributed by atoms with E-state index in [-0.39, 0.29) is 11.9 Å². The van der Waals surface area contributed by atoms with Crippen molar-refractivity contribution in [1.82, 2.24) is 9.88 Å². The van der Waals surface area contributed by atoms with Gasteiger partial charge in [-0.05, 0) is 24.6 Å². The average Bonchev–Trinajstić information content (AvgIpc) is 2.64. The number of nitrogens with one attached hydrogen (secondary N) is 1. The summed E-state index contributed by atoms with van der Waals surface area (Å²) in [6.07, 6.45) is 5.34.